The van der Waals surface area contributed by atoms with Crippen molar-refractivity contribution >= 4 is 33.3 Å². The summed E-state index contributed by atoms with van der Waals surface area (Å²) in [5.41, 5.74) is 3.67. The zero-order valence-electron chi connectivity index (χ0n) is 16.7. The molecule has 0 saturated heterocycles. The van der Waals surface area contributed by atoms with Gasteiger partial charge in [0.15, 0.2) is 0 Å². The topological polar surface area (TPSA) is 147 Å². The summed E-state index contributed by atoms with van der Waals surface area (Å²) in [7, 11) is -2.71. The number of ether oxygens (including phenoxy) is 1. The summed E-state index contributed by atoms with van der Waals surface area (Å²) in [4.78, 5) is 10.1. The number of benzene rings is 3. The van der Waals surface area contributed by atoms with Crippen LogP contribution < -0.4 is 14.9 Å². The molecule has 3 aromatic rings. The van der Waals surface area contributed by atoms with E-state index in [0.717, 1.165) is 6.07 Å². The molecular weight excluding hydrogens is 434 g/mol. The number of anilines is 2. The summed E-state index contributed by atoms with van der Waals surface area (Å²) in [6.07, 6.45) is 1.43. The van der Waals surface area contributed by atoms with Gasteiger partial charge in [0.2, 0.25) is 0 Å². The molecule has 0 aromatic heterocycles. The maximum atomic E-state index is 13.0. The Morgan fingerprint density at radius 1 is 1.09 bits per heavy atom. The Bertz CT molecular complexity index is 1300. The first kappa shape index (κ1) is 22.3. The van der Waals surface area contributed by atoms with Crippen LogP contribution in [-0.2, 0) is 10.0 Å². The summed E-state index contributed by atoms with van der Waals surface area (Å²) in [6, 6.07) is 18.1. The largest absolute Gasteiger partial charge is 0.497 e. The van der Waals surface area contributed by atoms with Gasteiger partial charge in [-0.15, -0.1) is 0 Å². The predicted molar refractivity (Wildman–Crippen MR) is 119 cm³/mol. The van der Waals surface area contributed by atoms with Gasteiger partial charge in [-0.3, -0.25) is 20.3 Å². The molecule has 0 aliphatic rings. The van der Waals surface area contributed by atoms with Gasteiger partial charge in [0.05, 0.1) is 35.6 Å². The van der Waals surface area contributed by atoms with Crippen molar-refractivity contribution in [1.82, 2.24) is 0 Å². The molecule has 11 heteroatoms. The third kappa shape index (κ3) is 5.38. The first-order valence-corrected chi connectivity index (χ1v) is 10.6. The molecule has 0 atom stereocenters. The third-order valence-electron chi connectivity index (χ3n) is 4.25. The third-order valence-corrected chi connectivity index (χ3v) is 5.67. The van der Waals surface area contributed by atoms with Crippen LogP contribution in [0, 0.1) is 21.4 Å². The average molecular weight is 451 g/mol. The van der Waals surface area contributed by atoms with Crippen LogP contribution in [0.2, 0.25) is 0 Å². The number of nitrogens with zero attached hydrogens (tertiary/aromatic N) is 3. The molecule has 0 aliphatic carbocycles. The molecule has 3 aromatic carbocycles. The Morgan fingerprint density at radius 2 is 1.78 bits per heavy atom. The van der Waals surface area contributed by atoms with Crippen LogP contribution in [0.15, 0.2) is 76.7 Å². The molecule has 0 heterocycles. The molecule has 0 saturated carbocycles. The molecule has 32 heavy (non-hydrogen) atoms. The number of rotatable bonds is 8. The summed E-state index contributed by atoms with van der Waals surface area (Å²) < 4.78 is 33.4. The Morgan fingerprint density at radius 3 is 2.38 bits per heavy atom. The molecule has 0 bridgehead atoms. The molecule has 0 fully saturated rings. The molecule has 10 nitrogen and oxygen atoms in total. The van der Waals surface area contributed by atoms with Gasteiger partial charge < -0.3 is 4.74 Å². The molecule has 0 unspecified atom stereocenters. The lowest BCUT2D eigenvalue weighted by molar-refractivity contribution is -0.385. The van der Waals surface area contributed by atoms with Crippen LogP contribution in [0.1, 0.15) is 11.1 Å². The second-order valence-electron chi connectivity index (χ2n) is 6.38. The second kappa shape index (κ2) is 9.59. The number of hydrogen-bond acceptors (Lipinski definition) is 8. The van der Waals surface area contributed by atoms with E-state index in [1.54, 1.807) is 36.4 Å². The Balaban J connectivity index is 1.89. The molecule has 162 valence electrons. The fourth-order valence-electron chi connectivity index (χ4n) is 2.63. The molecule has 3 rings (SSSR count). The summed E-state index contributed by atoms with van der Waals surface area (Å²) in [6.45, 7) is 0. The first-order valence-electron chi connectivity index (χ1n) is 9.07. The molecule has 0 radical (unpaired) electrons. The van der Waals surface area contributed by atoms with Gasteiger partial charge in [-0.1, -0.05) is 12.1 Å². The van der Waals surface area contributed by atoms with Crippen molar-refractivity contribution in [2.75, 3.05) is 17.3 Å². The predicted octanol–water partition coefficient (Wildman–Crippen LogP) is 3.72. The quantitative estimate of drug-likeness (QED) is 0.301. The number of non-ortho nitro benzene ring substituents is 1. The van der Waals surface area contributed by atoms with E-state index in [-0.39, 0.29) is 22.0 Å². The van der Waals surface area contributed by atoms with E-state index in [0.29, 0.717) is 16.9 Å². The number of sulfonamides is 1. The van der Waals surface area contributed by atoms with E-state index < -0.39 is 14.9 Å². The van der Waals surface area contributed by atoms with Crippen molar-refractivity contribution in [3.05, 3.63) is 88.0 Å². The Labute approximate surface area is 184 Å². The fourth-order valence-corrected chi connectivity index (χ4v) is 3.86. The second-order valence-corrected chi connectivity index (χ2v) is 8.03. The Kier molecular flexibility index (Phi) is 6.67. The first-order chi connectivity index (χ1) is 15.3. The number of nitro groups is 1. The van der Waals surface area contributed by atoms with Gasteiger partial charge in [-0.25, -0.2) is 8.42 Å². The number of nitro benzene ring substituents is 1. The van der Waals surface area contributed by atoms with Crippen LogP contribution in [0.3, 0.4) is 0 Å². The number of methoxy groups -OCH3 is 1. The SMILES string of the molecule is COc1ccc(NS(=O)(=O)c2cc([N+](=O)[O-])ccc2NN=Cc2ccc(C#N)cc2)cc1. The molecule has 0 spiro atoms. The lowest BCUT2D eigenvalue weighted by Crippen LogP contribution is -2.15. The van der Waals surface area contributed by atoms with Gasteiger partial charge >= 0.3 is 0 Å². The van der Waals surface area contributed by atoms with E-state index >= 15 is 0 Å². The zero-order chi connectivity index (χ0) is 23.1. The van der Waals surface area contributed by atoms with Gasteiger partial charge in [0.25, 0.3) is 15.7 Å². The van der Waals surface area contributed by atoms with Crippen LogP contribution in [0.25, 0.3) is 0 Å². The monoisotopic (exact) mass is 451 g/mol. The van der Waals surface area contributed by atoms with E-state index in [2.05, 4.69) is 15.2 Å². The highest BCUT2D eigenvalue weighted by atomic mass is 32.2. The summed E-state index contributed by atoms with van der Waals surface area (Å²) in [5.74, 6) is 0.544. The van der Waals surface area contributed by atoms with Gasteiger partial charge in [0, 0.05) is 17.8 Å². The average Bonchev–Trinajstić information content (AvgIpc) is 2.79. The minimum Gasteiger partial charge on any atom is -0.497 e. The number of hydrogen-bond donors (Lipinski definition) is 2. The highest BCUT2D eigenvalue weighted by Crippen LogP contribution is 2.28. The maximum Gasteiger partial charge on any atom is 0.270 e. The molecule has 2 N–H and O–H groups in total. The normalized spacial score (nSPS) is 11.0. The Hall–Kier alpha value is -4.43. The van der Waals surface area contributed by atoms with Crippen molar-refractivity contribution < 1.29 is 18.1 Å². The molecule has 0 aliphatic heterocycles. The smallest absolute Gasteiger partial charge is 0.270 e. The summed E-state index contributed by atoms with van der Waals surface area (Å²) >= 11 is 0. The fraction of sp³-hybridized carbons (Fsp3) is 0.0476. The minimum absolute atomic E-state index is 0.0431. The standard InChI is InChI=1S/C21H17N5O5S/c1-31-19-9-6-17(7-10-19)25-32(29,30)21-12-18(26(27)28)8-11-20(21)24-23-14-16-4-2-15(13-22)3-5-16/h2-12,14,24-25H,1H3. The highest BCUT2D eigenvalue weighted by molar-refractivity contribution is 7.92. The van der Waals surface area contributed by atoms with Crippen molar-refractivity contribution in [3.63, 3.8) is 0 Å². The lowest BCUT2D eigenvalue weighted by Gasteiger charge is -2.12. The zero-order valence-corrected chi connectivity index (χ0v) is 17.5. The van der Waals surface area contributed by atoms with E-state index in [9.17, 15) is 18.5 Å². The van der Waals surface area contributed by atoms with Gasteiger partial charge in [0.1, 0.15) is 10.6 Å². The molecule has 0 amide bonds. The summed E-state index contributed by atoms with van der Waals surface area (Å²) in [5, 5.41) is 24.0. The lowest BCUT2D eigenvalue weighted by atomic mass is 10.2. The van der Waals surface area contributed by atoms with Gasteiger partial charge in [-0.05, 0) is 48.0 Å². The molecular formula is C21H17N5O5S. The van der Waals surface area contributed by atoms with Crippen LogP contribution in [0.5, 0.6) is 5.75 Å². The maximum absolute atomic E-state index is 13.0. The minimum atomic E-state index is -4.19. The van der Waals surface area contributed by atoms with Crippen molar-refractivity contribution in [1.29, 1.82) is 5.26 Å². The van der Waals surface area contributed by atoms with Crippen molar-refractivity contribution in [2.45, 2.75) is 4.90 Å². The number of hydrazone groups is 1. The highest BCUT2D eigenvalue weighted by Gasteiger charge is 2.22. The van der Waals surface area contributed by atoms with E-state index in [4.69, 9.17) is 10.00 Å². The van der Waals surface area contributed by atoms with Crippen LogP contribution >= 0.6 is 0 Å². The van der Waals surface area contributed by atoms with Gasteiger partial charge in [-0.2, -0.15) is 10.4 Å². The van der Waals surface area contributed by atoms with Crippen LogP contribution in [0.4, 0.5) is 17.1 Å². The van der Waals surface area contributed by atoms with Crippen molar-refractivity contribution in [3.8, 4) is 11.8 Å². The van der Waals surface area contributed by atoms with Crippen LogP contribution in [-0.4, -0.2) is 26.7 Å². The number of nitriles is 1. The van der Waals surface area contributed by atoms with E-state index in [1.165, 1.54) is 37.6 Å². The number of nitrogens with one attached hydrogen (secondary N) is 2. The van der Waals surface area contributed by atoms with E-state index in [1.807, 2.05) is 6.07 Å². The van der Waals surface area contributed by atoms with Crippen molar-refractivity contribution in [2.24, 2.45) is 5.10 Å².